The summed E-state index contributed by atoms with van der Waals surface area (Å²) >= 11 is 0. The van der Waals surface area contributed by atoms with E-state index in [1.54, 1.807) is 24.3 Å². The van der Waals surface area contributed by atoms with Crippen LogP contribution < -0.4 is 0 Å². The van der Waals surface area contributed by atoms with Gasteiger partial charge in [0, 0.05) is 13.1 Å². The molecule has 1 aliphatic rings. The first-order valence-electron chi connectivity index (χ1n) is 5.54. The van der Waals surface area contributed by atoms with E-state index in [9.17, 15) is 26.7 Å². The third kappa shape index (κ3) is 2.41. The van der Waals surface area contributed by atoms with Crippen LogP contribution in [-0.4, -0.2) is 29.5 Å². The van der Waals surface area contributed by atoms with Gasteiger partial charge in [-0.15, -0.1) is 0 Å². The maximum atomic E-state index is 13.0. The SMILES string of the molecule is O=C(N1CCc2ccccc2C1)C(F)(F)C(F)(F)F. The summed E-state index contributed by atoms with van der Waals surface area (Å²) in [7, 11) is 0. The van der Waals surface area contributed by atoms with Gasteiger partial charge in [0.05, 0.1) is 0 Å². The molecule has 0 atom stereocenters. The van der Waals surface area contributed by atoms with Crippen molar-refractivity contribution in [3.8, 4) is 0 Å². The Morgan fingerprint density at radius 2 is 1.63 bits per heavy atom. The molecule has 0 aromatic heterocycles. The third-order valence-electron chi connectivity index (χ3n) is 3.04. The summed E-state index contributed by atoms with van der Waals surface area (Å²) in [5, 5.41) is 0. The number of halogens is 5. The predicted octanol–water partition coefficient (Wildman–Crippen LogP) is 2.77. The predicted molar refractivity (Wildman–Crippen MR) is 56.6 cm³/mol. The van der Waals surface area contributed by atoms with Crippen LogP contribution in [0.15, 0.2) is 24.3 Å². The number of carbonyl (C=O) groups excluding carboxylic acids is 1. The van der Waals surface area contributed by atoms with Crippen LogP contribution in [0.1, 0.15) is 11.1 Å². The number of fused-ring (bicyclic) bond motifs is 1. The van der Waals surface area contributed by atoms with Gasteiger partial charge in [-0.05, 0) is 17.5 Å². The number of nitrogens with zero attached hydrogens (tertiary/aromatic N) is 1. The molecule has 1 amide bonds. The molecule has 0 saturated carbocycles. The van der Waals surface area contributed by atoms with Gasteiger partial charge in [0.1, 0.15) is 0 Å². The van der Waals surface area contributed by atoms with E-state index in [2.05, 4.69) is 0 Å². The topological polar surface area (TPSA) is 20.3 Å². The minimum Gasteiger partial charge on any atom is -0.332 e. The van der Waals surface area contributed by atoms with Gasteiger partial charge in [-0.3, -0.25) is 4.79 Å². The molecule has 2 nitrogen and oxygen atoms in total. The zero-order chi connectivity index (χ0) is 14.3. The van der Waals surface area contributed by atoms with Crippen molar-refractivity contribution in [2.45, 2.75) is 25.1 Å². The molecule has 1 aromatic carbocycles. The number of carbonyl (C=O) groups is 1. The number of amides is 1. The van der Waals surface area contributed by atoms with Gasteiger partial charge in [0.25, 0.3) is 0 Å². The largest absolute Gasteiger partial charge is 0.463 e. The van der Waals surface area contributed by atoms with Gasteiger partial charge >= 0.3 is 18.0 Å². The van der Waals surface area contributed by atoms with E-state index in [0.717, 1.165) is 5.56 Å². The van der Waals surface area contributed by atoms with E-state index in [-0.39, 0.29) is 19.5 Å². The van der Waals surface area contributed by atoms with E-state index in [4.69, 9.17) is 0 Å². The Kier molecular flexibility index (Phi) is 3.24. The highest BCUT2D eigenvalue weighted by atomic mass is 19.4. The van der Waals surface area contributed by atoms with E-state index in [1.165, 1.54) is 0 Å². The molecule has 0 radical (unpaired) electrons. The number of alkyl halides is 5. The van der Waals surface area contributed by atoms with Gasteiger partial charge < -0.3 is 4.90 Å². The first-order chi connectivity index (χ1) is 8.73. The third-order valence-corrected chi connectivity index (χ3v) is 3.04. The fourth-order valence-corrected chi connectivity index (χ4v) is 1.99. The smallest absolute Gasteiger partial charge is 0.332 e. The zero-order valence-electron chi connectivity index (χ0n) is 9.68. The molecule has 19 heavy (non-hydrogen) atoms. The Labute approximate surface area is 105 Å². The second-order valence-corrected chi connectivity index (χ2v) is 4.32. The normalized spacial score (nSPS) is 16.2. The van der Waals surface area contributed by atoms with Crippen LogP contribution in [0.4, 0.5) is 22.0 Å². The van der Waals surface area contributed by atoms with Crippen LogP contribution in [0.5, 0.6) is 0 Å². The van der Waals surface area contributed by atoms with Crippen LogP contribution in [-0.2, 0) is 17.8 Å². The molecule has 1 aromatic rings. The Morgan fingerprint density at radius 1 is 1.05 bits per heavy atom. The van der Waals surface area contributed by atoms with Crippen molar-refractivity contribution in [1.29, 1.82) is 0 Å². The second kappa shape index (κ2) is 4.47. The highest BCUT2D eigenvalue weighted by Crippen LogP contribution is 2.37. The Balaban J connectivity index is 2.20. The fraction of sp³-hybridized carbons (Fsp3) is 0.417. The van der Waals surface area contributed by atoms with Crippen molar-refractivity contribution in [3.05, 3.63) is 35.4 Å². The van der Waals surface area contributed by atoms with E-state index >= 15 is 0 Å². The van der Waals surface area contributed by atoms with Crippen LogP contribution in [0.2, 0.25) is 0 Å². The van der Waals surface area contributed by atoms with Crippen molar-refractivity contribution in [3.63, 3.8) is 0 Å². The molecule has 2 rings (SSSR count). The molecule has 1 heterocycles. The number of hydrogen-bond donors (Lipinski definition) is 0. The Morgan fingerprint density at radius 3 is 2.21 bits per heavy atom. The summed E-state index contributed by atoms with van der Waals surface area (Å²) in [5.41, 5.74) is 1.46. The molecular formula is C12H10F5NO. The average Bonchev–Trinajstić information content (AvgIpc) is 2.36. The molecule has 0 fully saturated rings. The van der Waals surface area contributed by atoms with Gasteiger partial charge in [-0.1, -0.05) is 24.3 Å². The van der Waals surface area contributed by atoms with E-state index < -0.39 is 18.0 Å². The maximum absolute atomic E-state index is 13.0. The van der Waals surface area contributed by atoms with E-state index in [1.807, 2.05) is 0 Å². The lowest BCUT2D eigenvalue weighted by molar-refractivity contribution is -0.274. The lowest BCUT2D eigenvalue weighted by Gasteiger charge is -2.32. The molecule has 0 saturated heterocycles. The highest BCUT2D eigenvalue weighted by molar-refractivity contribution is 5.84. The summed E-state index contributed by atoms with van der Waals surface area (Å²) in [6.45, 7) is -0.359. The van der Waals surface area contributed by atoms with Crippen LogP contribution in [0, 0.1) is 0 Å². The van der Waals surface area contributed by atoms with Gasteiger partial charge in [-0.2, -0.15) is 22.0 Å². The van der Waals surface area contributed by atoms with Crippen LogP contribution in [0.3, 0.4) is 0 Å². The second-order valence-electron chi connectivity index (χ2n) is 4.32. The molecule has 0 spiro atoms. The minimum absolute atomic E-state index is 0.137. The van der Waals surface area contributed by atoms with E-state index in [0.29, 0.717) is 10.5 Å². The fourth-order valence-electron chi connectivity index (χ4n) is 1.99. The lowest BCUT2D eigenvalue weighted by Crippen LogP contribution is -2.53. The lowest BCUT2D eigenvalue weighted by atomic mass is 9.99. The summed E-state index contributed by atoms with van der Waals surface area (Å²) in [6.07, 6.45) is -5.59. The first kappa shape index (κ1) is 13.8. The molecule has 1 aliphatic heterocycles. The van der Waals surface area contributed by atoms with Crippen molar-refractivity contribution in [1.82, 2.24) is 4.90 Å². The zero-order valence-corrected chi connectivity index (χ0v) is 9.68. The summed E-state index contributed by atoms with van der Waals surface area (Å²) in [6, 6.07) is 6.77. The Hall–Kier alpha value is -1.66. The van der Waals surface area contributed by atoms with Crippen molar-refractivity contribution in [2.75, 3.05) is 6.54 Å². The van der Waals surface area contributed by atoms with Crippen molar-refractivity contribution in [2.24, 2.45) is 0 Å². The van der Waals surface area contributed by atoms with Gasteiger partial charge in [0.15, 0.2) is 0 Å². The van der Waals surface area contributed by atoms with Gasteiger partial charge in [-0.25, -0.2) is 0 Å². The highest BCUT2D eigenvalue weighted by Gasteiger charge is 2.64. The first-order valence-corrected chi connectivity index (χ1v) is 5.54. The summed E-state index contributed by atoms with van der Waals surface area (Å²) < 4.78 is 62.3. The number of rotatable bonds is 1. The summed E-state index contributed by atoms with van der Waals surface area (Å²) in [5.74, 6) is -7.52. The summed E-state index contributed by atoms with van der Waals surface area (Å²) in [4.78, 5) is 11.9. The molecule has 7 heteroatoms. The average molecular weight is 279 g/mol. The number of hydrogen-bond acceptors (Lipinski definition) is 1. The van der Waals surface area contributed by atoms with Crippen molar-refractivity contribution < 1.29 is 26.7 Å². The quantitative estimate of drug-likeness (QED) is 0.724. The molecule has 0 aliphatic carbocycles. The standard InChI is InChI=1S/C12H10F5NO/c13-11(14,12(15,16)17)10(19)18-6-5-8-3-1-2-4-9(8)7-18/h1-4H,5-7H2. The molecule has 0 N–H and O–H groups in total. The molecule has 0 unspecified atom stereocenters. The molecule has 104 valence electrons. The van der Waals surface area contributed by atoms with Gasteiger partial charge in [0.2, 0.25) is 0 Å². The maximum Gasteiger partial charge on any atom is 0.463 e. The Bertz CT molecular complexity index is 497. The van der Waals surface area contributed by atoms with Crippen molar-refractivity contribution >= 4 is 5.91 Å². The van der Waals surface area contributed by atoms with Crippen LogP contribution >= 0.6 is 0 Å². The molecular weight excluding hydrogens is 269 g/mol. The molecule has 0 bridgehead atoms. The minimum atomic E-state index is -5.86. The van der Waals surface area contributed by atoms with Crippen LogP contribution in [0.25, 0.3) is 0 Å². The monoisotopic (exact) mass is 279 g/mol. The number of benzene rings is 1.